The highest BCUT2D eigenvalue weighted by Crippen LogP contribution is 2.21. The summed E-state index contributed by atoms with van der Waals surface area (Å²) in [5.41, 5.74) is -0.527. The second-order valence-electron chi connectivity index (χ2n) is 3.06. The molecule has 1 N–H and O–H groups in total. The van der Waals surface area contributed by atoms with E-state index in [0.29, 0.717) is 17.9 Å². The molecule has 0 fully saturated rings. The van der Waals surface area contributed by atoms with Gasteiger partial charge in [-0.25, -0.2) is 4.79 Å². The molecule has 1 aromatic rings. The molecule has 17 heavy (non-hydrogen) atoms. The zero-order chi connectivity index (χ0) is 12.8. The van der Waals surface area contributed by atoms with E-state index in [1.165, 1.54) is 0 Å². The predicted molar refractivity (Wildman–Crippen MR) is 60.2 cm³/mol. The second-order valence-corrected chi connectivity index (χ2v) is 3.06. The molecule has 0 spiro atoms. The summed E-state index contributed by atoms with van der Waals surface area (Å²) in [6.45, 7) is 2.16. The van der Waals surface area contributed by atoms with Crippen molar-refractivity contribution in [3.63, 3.8) is 0 Å². The average molecular weight is 237 g/mol. The largest absolute Gasteiger partial charge is 0.493 e. The second kappa shape index (κ2) is 5.64. The number of hydrogen-bond donors (Lipinski definition) is 1. The monoisotopic (exact) mass is 237 g/mol. The average Bonchev–Trinajstić information content (AvgIpc) is 2.27. The topological polar surface area (TPSA) is 89.7 Å². The Balaban J connectivity index is 3.19. The number of hydrogen-bond acceptors (Lipinski definition) is 4. The Morgan fingerprint density at radius 1 is 1.53 bits per heavy atom. The lowest BCUT2D eigenvalue weighted by Gasteiger charge is -2.05. The van der Waals surface area contributed by atoms with Crippen LogP contribution < -0.4 is 4.74 Å². The zero-order valence-corrected chi connectivity index (χ0v) is 9.12. The van der Waals surface area contributed by atoms with Gasteiger partial charge in [0.15, 0.2) is 0 Å². The number of aliphatic carboxylic acids is 1. The van der Waals surface area contributed by atoms with Gasteiger partial charge in [0.05, 0.1) is 11.5 Å². The van der Waals surface area contributed by atoms with E-state index in [2.05, 4.69) is 0 Å². The molecule has 1 aromatic carbocycles. The van der Waals surface area contributed by atoms with Crippen molar-refractivity contribution in [2.75, 3.05) is 6.61 Å². The minimum atomic E-state index is -1.58. The summed E-state index contributed by atoms with van der Waals surface area (Å²) in [6, 6.07) is 6.52. The molecule has 0 saturated carbocycles. The standard InChI is InChI=1S/C11H11NO5/c1-2-17-10-6-4-3-5-8(10)7-9(11(13)14)12(15)16/h3-7H,2H2,1H3,(H,13,14). The van der Waals surface area contributed by atoms with Gasteiger partial charge in [-0.2, -0.15) is 0 Å². The van der Waals surface area contributed by atoms with E-state index >= 15 is 0 Å². The lowest BCUT2D eigenvalue weighted by molar-refractivity contribution is -0.419. The van der Waals surface area contributed by atoms with Crippen molar-refractivity contribution in [2.45, 2.75) is 6.92 Å². The zero-order valence-electron chi connectivity index (χ0n) is 9.12. The van der Waals surface area contributed by atoms with E-state index in [9.17, 15) is 14.9 Å². The minimum absolute atomic E-state index is 0.364. The third-order valence-electron chi connectivity index (χ3n) is 1.93. The van der Waals surface area contributed by atoms with E-state index in [1.807, 2.05) is 0 Å². The molecule has 0 aromatic heterocycles. The molecule has 0 aliphatic heterocycles. The van der Waals surface area contributed by atoms with Crippen molar-refractivity contribution < 1.29 is 19.6 Å². The molecule has 0 aliphatic carbocycles. The maximum Gasteiger partial charge on any atom is 0.407 e. The van der Waals surface area contributed by atoms with Crippen molar-refractivity contribution in [3.05, 3.63) is 45.6 Å². The Hall–Kier alpha value is -2.37. The number of ether oxygens (including phenoxy) is 1. The maximum absolute atomic E-state index is 10.7. The molecule has 0 heterocycles. The van der Waals surface area contributed by atoms with Gasteiger partial charge in [0.25, 0.3) is 0 Å². The van der Waals surface area contributed by atoms with Crippen molar-refractivity contribution in [3.8, 4) is 5.75 Å². The van der Waals surface area contributed by atoms with Crippen LogP contribution in [0, 0.1) is 10.1 Å². The van der Waals surface area contributed by atoms with Gasteiger partial charge in [0.2, 0.25) is 0 Å². The van der Waals surface area contributed by atoms with Crippen molar-refractivity contribution in [1.29, 1.82) is 0 Å². The normalized spacial score (nSPS) is 11.0. The Morgan fingerprint density at radius 3 is 2.71 bits per heavy atom. The fourth-order valence-corrected chi connectivity index (χ4v) is 1.23. The van der Waals surface area contributed by atoms with Crippen LogP contribution in [0.3, 0.4) is 0 Å². The van der Waals surface area contributed by atoms with Crippen molar-refractivity contribution in [2.24, 2.45) is 0 Å². The van der Waals surface area contributed by atoms with Gasteiger partial charge >= 0.3 is 11.7 Å². The quantitative estimate of drug-likeness (QED) is 0.479. The summed E-state index contributed by atoms with van der Waals surface area (Å²) in [5, 5.41) is 19.2. The number of benzene rings is 1. The van der Waals surface area contributed by atoms with E-state index < -0.39 is 16.6 Å². The molecule has 0 aliphatic rings. The third kappa shape index (κ3) is 3.30. The lowest BCUT2D eigenvalue weighted by Crippen LogP contribution is -2.10. The first-order valence-electron chi connectivity index (χ1n) is 4.87. The third-order valence-corrected chi connectivity index (χ3v) is 1.93. The van der Waals surface area contributed by atoms with Crippen LogP contribution in [0.15, 0.2) is 30.0 Å². The van der Waals surface area contributed by atoms with Gasteiger partial charge < -0.3 is 9.84 Å². The molecule has 0 radical (unpaired) electrons. The van der Waals surface area contributed by atoms with Crippen LogP contribution in [-0.2, 0) is 4.79 Å². The molecular weight excluding hydrogens is 226 g/mol. The Labute approximate surface area is 97.3 Å². The summed E-state index contributed by atoms with van der Waals surface area (Å²) in [5.74, 6) is -1.17. The fourth-order valence-electron chi connectivity index (χ4n) is 1.23. The van der Waals surface area contributed by atoms with E-state index in [0.717, 1.165) is 6.08 Å². The summed E-state index contributed by atoms with van der Waals surface area (Å²) in [7, 11) is 0. The van der Waals surface area contributed by atoms with Gasteiger partial charge in [-0.15, -0.1) is 0 Å². The van der Waals surface area contributed by atoms with Gasteiger partial charge in [-0.1, -0.05) is 18.2 Å². The number of para-hydroxylation sites is 1. The van der Waals surface area contributed by atoms with Crippen LogP contribution in [0.25, 0.3) is 6.08 Å². The number of carboxylic acid groups (broad SMARTS) is 1. The molecule has 0 saturated heterocycles. The first kappa shape index (κ1) is 12.7. The smallest absolute Gasteiger partial charge is 0.407 e. The Morgan fingerprint density at radius 2 is 2.18 bits per heavy atom. The number of carbonyl (C=O) groups is 1. The van der Waals surface area contributed by atoms with Gasteiger partial charge in [0, 0.05) is 11.6 Å². The van der Waals surface area contributed by atoms with E-state index in [-0.39, 0.29) is 0 Å². The van der Waals surface area contributed by atoms with Crippen LogP contribution in [0.4, 0.5) is 0 Å². The predicted octanol–water partition coefficient (Wildman–Crippen LogP) is 1.79. The van der Waals surface area contributed by atoms with Crippen molar-refractivity contribution >= 4 is 12.0 Å². The molecule has 1 rings (SSSR count). The molecule has 0 unspecified atom stereocenters. The van der Waals surface area contributed by atoms with Gasteiger partial charge in [0.1, 0.15) is 5.75 Å². The molecule has 0 atom stereocenters. The van der Waals surface area contributed by atoms with E-state index in [4.69, 9.17) is 9.84 Å². The van der Waals surface area contributed by atoms with Crippen molar-refractivity contribution in [1.82, 2.24) is 0 Å². The van der Waals surface area contributed by atoms with Crippen LogP contribution in [0.2, 0.25) is 0 Å². The van der Waals surface area contributed by atoms with Crippen LogP contribution in [0.1, 0.15) is 12.5 Å². The van der Waals surface area contributed by atoms with Crippen LogP contribution in [-0.4, -0.2) is 22.6 Å². The van der Waals surface area contributed by atoms with Crippen LogP contribution in [0.5, 0.6) is 5.75 Å². The highest BCUT2D eigenvalue weighted by atomic mass is 16.6. The number of nitrogens with zero attached hydrogens (tertiary/aromatic N) is 1. The minimum Gasteiger partial charge on any atom is -0.493 e. The van der Waals surface area contributed by atoms with Crippen LogP contribution >= 0.6 is 0 Å². The highest BCUT2D eigenvalue weighted by Gasteiger charge is 2.21. The summed E-state index contributed by atoms with van der Waals surface area (Å²) in [4.78, 5) is 20.3. The molecule has 0 amide bonds. The Kier molecular flexibility index (Phi) is 4.21. The molecular formula is C11H11NO5. The highest BCUT2D eigenvalue weighted by molar-refractivity contribution is 5.89. The number of nitro groups is 1. The van der Waals surface area contributed by atoms with E-state index in [1.54, 1.807) is 31.2 Å². The molecule has 6 heteroatoms. The summed E-state index contributed by atoms with van der Waals surface area (Å²) in [6.07, 6.45) is 0.979. The first-order valence-corrected chi connectivity index (χ1v) is 4.87. The Bertz CT molecular complexity index is 451. The summed E-state index contributed by atoms with van der Waals surface area (Å²) < 4.78 is 5.24. The SMILES string of the molecule is CCOc1ccccc1C=C(C(=O)O)[N+](=O)[O-]. The fraction of sp³-hybridized carbons (Fsp3) is 0.182. The lowest BCUT2D eigenvalue weighted by atomic mass is 10.1. The molecule has 0 bridgehead atoms. The first-order chi connectivity index (χ1) is 8.06. The molecule has 90 valence electrons. The number of rotatable bonds is 5. The maximum atomic E-state index is 10.7. The summed E-state index contributed by atoms with van der Waals surface area (Å²) >= 11 is 0. The molecule has 6 nitrogen and oxygen atoms in total. The van der Waals surface area contributed by atoms with Gasteiger partial charge in [-0.05, 0) is 13.0 Å². The number of carboxylic acids is 1. The van der Waals surface area contributed by atoms with Gasteiger partial charge in [-0.3, -0.25) is 10.1 Å².